The molecule has 3 aliphatic heterocycles. The molecule has 37 heavy (non-hydrogen) atoms. The van der Waals surface area contributed by atoms with Gasteiger partial charge in [0.05, 0.1) is 35.8 Å². The van der Waals surface area contributed by atoms with Crippen LogP contribution in [0.5, 0.6) is 0 Å². The van der Waals surface area contributed by atoms with Crippen molar-refractivity contribution in [1.29, 1.82) is 0 Å². The van der Waals surface area contributed by atoms with E-state index in [1.54, 1.807) is 11.1 Å². The van der Waals surface area contributed by atoms with Crippen LogP contribution < -0.4 is 15.1 Å². The molecule has 6 rings (SSSR count). The Balaban J connectivity index is 1.05. The van der Waals surface area contributed by atoms with E-state index in [1.807, 2.05) is 31.7 Å². The number of hydrogen-bond acceptors (Lipinski definition) is 8. The molecule has 0 unspecified atom stereocenters. The lowest BCUT2D eigenvalue weighted by Crippen LogP contribution is -2.49. The zero-order chi connectivity index (χ0) is 25.4. The summed E-state index contributed by atoms with van der Waals surface area (Å²) in [6.07, 6.45) is 13.8. The van der Waals surface area contributed by atoms with Crippen LogP contribution in [-0.4, -0.2) is 80.8 Å². The highest BCUT2D eigenvalue weighted by Crippen LogP contribution is 2.32. The Morgan fingerprint density at radius 1 is 0.919 bits per heavy atom. The number of nitrogens with zero attached hydrogens (tertiary/aromatic N) is 8. The molecule has 0 bridgehead atoms. The van der Waals surface area contributed by atoms with Gasteiger partial charge in [0.2, 0.25) is 11.9 Å². The van der Waals surface area contributed by atoms with E-state index in [-0.39, 0.29) is 12.3 Å². The van der Waals surface area contributed by atoms with E-state index in [1.165, 1.54) is 12.8 Å². The van der Waals surface area contributed by atoms with E-state index < -0.39 is 6.03 Å². The highest BCUT2D eigenvalue weighted by molar-refractivity contribution is 6.09. The summed E-state index contributed by atoms with van der Waals surface area (Å²) in [5.74, 6) is 1.32. The summed E-state index contributed by atoms with van der Waals surface area (Å²) in [6, 6.07) is -0.0908. The predicted octanol–water partition coefficient (Wildman–Crippen LogP) is 2.53. The zero-order valence-corrected chi connectivity index (χ0v) is 21.2. The van der Waals surface area contributed by atoms with Gasteiger partial charge < -0.3 is 9.80 Å². The highest BCUT2D eigenvalue weighted by Gasteiger charge is 2.29. The molecule has 0 saturated carbocycles. The average Bonchev–Trinajstić information content (AvgIpc) is 3.35. The summed E-state index contributed by atoms with van der Waals surface area (Å²) in [7, 11) is 0. The van der Waals surface area contributed by atoms with Crippen molar-refractivity contribution < 1.29 is 9.59 Å². The first-order valence-electron chi connectivity index (χ1n) is 13.2. The molecule has 3 aromatic heterocycles. The molecular weight excluding hydrogens is 470 g/mol. The number of nitrogens with one attached hydrogen (secondary N) is 1. The second-order valence-corrected chi connectivity index (χ2v) is 10.5. The fourth-order valence-electron chi connectivity index (χ4n) is 5.82. The summed E-state index contributed by atoms with van der Waals surface area (Å²) >= 11 is 0. The summed E-state index contributed by atoms with van der Waals surface area (Å²) < 4.78 is 2.08. The second kappa shape index (κ2) is 10.0. The third-order valence-electron chi connectivity index (χ3n) is 7.93. The van der Waals surface area contributed by atoms with Crippen LogP contribution in [0.3, 0.4) is 0 Å². The number of likely N-dealkylation sites (tertiary alicyclic amines) is 1. The van der Waals surface area contributed by atoms with Gasteiger partial charge in [0, 0.05) is 63.5 Å². The Hall–Kier alpha value is -3.60. The fourth-order valence-corrected chi connectivity index (χ4v) is 5.82. The fraction of sp³-hybridized carbons (Fsp3) is 0.538. The number of imide groups is 1. The Morgan fingerprint density at radius 2 is 1.68 bits per heavy atom. The van der Waals surface area contributed by atoms with Gasteiger partial charge in [-0.15, -0.1) is 0 Å². The van der Waals surface area contributed by atoms with Gasteiger partial charge in [0.1, 0.15) is 0 Å². The van der Waals surface area contributed by atoms with Gasteiger partial charge >= 0.3 is 6.03 Å². The van der Waals surface area contributed by atoms with Crippen LogP contribution in [0, 0.1) is 12.8 Å². The first-order valence-corrected chi connectivity index (χ1v) is 13.2. The van der Waals surface area contributed by atoms with Crippen LogP contribution in [0.4, 0.5) is 16.4 Å². The molecule has 3 aliphatic rings. The topological polar surface area (TPSA) is 112 Å². The molecule has 6 heterocycles. The molecule has 11 nitrogen and oxygen atoms in total. The van der Waals surface area contributed by atoms with Gasteiger partial charge in [0.15, 0.2) is 0 Å². The van der Waals surface area contributed by atoms with Gasteiger partial charge in [-0.05, 0) is 44.1 Å². The van der Waals surface area contributed by atoms with E-state index in [9.17, 15) is 9.59 Å². The normalized spacial score (nSPS) is 20.6. The number of aromatic nitrogens is 5. The Labute approximate surface area is 215 Å². The lowest BCUT2D eigenvalue weighted by atomic mass is 9.95. The molecule has 11 heteroatoms. The quantitative estimate of drug-likeness (QED) is 0.565. The molecule has 1 N–H and O–H groups in total. The van der Waals surface area contributed by atoms with Crippen molar-refractivity contribution in [1.82, 2.24) is 34.9 Å². The number of aryl methyl sites for hydroxylation is 1. The molecule has 194 valence electrons. The third-order valence-corrected chi connectivity index (χ3v) is 7.93. The van der Waals surface area contributed by atoms with E-state index in [0.29, 0.717) is 24.2 Å². The summed E-state index contributed by atoms with van der Waals surface area (Å²) in [4.78, 5) is 43.8. The molecule has 0 aliphatic carbocycles. The van der Waals surface area contributed by atoms with Gasteiger partial charge in [-0.25, -0.2) is 14.8 Å². The van der Waals surface area contributed by atoms with Crippen molar-refractivity contribution in [3.63, 3.8) is 0 Å². The maximum atomic E-state index is 12.4. The number of carbonyl (C=O) groups is 2. The van der Waals surface area contributed by atoms with Crippen molar-refractivity contribution in [3.05, 3.63) is 36.5 Å². The number of amides is 3. The first kappa shape index (κ1) is 23.8. The molecular formula is C26H33N9O2. The molecule has 0 spiro atoms. The molecule has 3 amide bonds. The van der Waals surface area contributed by atoms with Gasteiger partial charge in [0.25, 0.3) is 0 Å². The highest BCUT2D eigenvalue weighted by atomic mass is 16.2. The number of anilines is 2. The van der Waals surface area contributed by atoms with Crippen LogP contribution in [0.25, 0.3) is 10.9 Å². The maximum absolute atomic E-state index is 12.4. The SMILES string of the molecule is Cc1cnc(N2CCC(CN3CCC(n4ncc5c(N6CCC(=O)NC6=O)cncc54)CC3)CC2)nc1. The predicted molar refractivity (Wildman–Crippen MR) is 139 cm³/mol. The van der Waals surface area contributed by atoms with Crippen molar-refractivity contribution in [2.45, 2.75) is 45.1 Å². The summed E-state index contributed by atoms with van der Waals surface area (Å²) in [5, 5.41) is 8.00. The van der Waals surface area contributed by atoms with E-state index in [4.69, 9.17) is 5.10 Å². The largest absolute Gasteiger partial charge is 0.341 e. The Kier molecular flexibility index (Phi) is 6.45. The Bertz CT molecular complexity index is 1270. The van der Waals surface area contributed by atoms with Crippen molar-refractivity contribution in [3.8, 4) is 0 Å². The molecule has 0 atom stereocenters. The number of fused-ring (bicyclic) bond motifs is 1. The van der Waals surface area contributed by atoms with Crippen molar-refractivity contribution >= 4 is 34.5 Å². The van der Waals surface area contributed by atoms with Crippen molar-refractivity contribution in [2.75, 3.05) is 49.1 Å². The van der Waals surface area contributed by atoms with Crippen LogP contribution in [0.2, 0.25) is 0 Å². The minimum absolute atomic E-state index is 0.241. The number of pyridine rings is 1. The van der Waals surface area contributed by atoms with Crippen LogP contribution in [0.1, 0.15) is 43.7 Å². The minimum atomic E-state index is -0.399. The first-order chi connectivity index (χ1) is 18.0. The standard InChI is InChI=1S/C26H33N9O2/c1-18-12-28-25(29-13-18)33-9-2-19(3-10-33)17-32-7-4-20(5-8-32)35-23-16-27-15-22(21(23)14-30-35)34-11-6-24(36)31-26(34)37/h12-16,19-20H,2-11,17H2,1H3,(H,31,36,37). The smallest absolute Gasteiger partial charge is 0.328 e. The van der Waals surface area contributed by atoms with E-state index >= 15 is 0 Å². The minimum Gasteiger partial charge on any atom is -0.341 e. The van der Waals surface area contributed by atoms with Gasteiger partial charge in [-0.1, -0.05) is 0 Å². The lowest BCUT2D eigenvalue weighted by molar-refractivity contribution is -0.120. The number of piperidine rings is 2. The third kappa shape index (κ3) is 4.87. The van der Waals surface area contributed by atoms with Crippen molar-refractivity contribution in [2.24, 2.45) is 5.92 Å². The van der Waals surface area contributed by atoms with Gasteiger partial charge in [-0.3, -0.25) is 24.7 Å². The number of carbonyl (C=O) groups excluding carboxylic acids is 2. The lowest BCUT2D eigenvalue weighted by Gasteiger charge is -2.37. The average molecular weight is 504 g/mol. The molecule has 0 aromatic carbocycles. The molecule has 0 radical (unpaired) electrons. The summed E-state index contributed by atoms with van der Waals surface area (Å²) in [5.41, 5.74) is 2.73. The maximum Gasteiger partial charge on any atom is 0.328 e. The van der Waals surface area contributed by atoms with Crippen LogP contribution in [0.15, 0.2) is 31.0 Å². The number of rotatable bonds is 5. The van der Waals surface area contributed by atoms with Crippen LogP contribution in [-0.2, 0) is 4.79 Å². The molecule has 3 fully saturated rings. The zero-order valence-electron chi connectivity index (χ0n) is 21.2. The molecule has 3 aromatic rings. The van der Waals surface area contributed by atoms with Gasteiger partial charge in [-0.2, -0.15) is 5.10 Å². The van der Waals surface area contributed by atoms with Crippen LogP contribution >= 0.6 is 0 Å². The molecule has 3 saturated heterocycles. The Morgan fingerprint density at radius 3 is 2.41 bits per heavy atom. The van der Waals surface area contributed by atoms with E-state index in [0.717, 1.165) is 68.0 Å². The number of hydrogen-bond donors (Lipinski definition) is 1. The van der Waals surface area contributed by atoms with E-state index in [2.05, 4.69) is 34.8 Å². The summed E-state index contributed by atoms with van der Waals surface area (Å²) in [6.45, 7) is 7.65. The monoisotopic (exact) mass is 503 g/mol. The number of urea groups is 1. The second-order valence-electron chi connectivity index (χ2n) is 10.5.